The Hall–Kier alpha value is -0.970. The predicted octanol–water partition coefficient (Wildman–Crippen LogP) is 3.57. The molecule has 0 unspecified atom stereocenters. The van der Waals surface area contributed by atoms with E-state index in [1.54, 1.807) is 0 Å². The quantitative estimate of drug-likeness (QED) is 0.921. The van der Waals surface area contributed by atoms with Crippen LogP contribution in [0.1, 0.15) is 45.2 Å². The number of aryl methyl sites for hydroxylation is 1. The van der Waals surface area contributed by atoms with Gasteiger partial charge in [-0.2, -0.15) is 4.98 Å². The van der Waals surface area contributed by atoms with Gasteiger partial charge in [0.05, 0.1) is 10.6 Å². The molecule has 2 aliphatic rings. The summed E-state index contributed by atoms with van der Waals surface area (Å²) < 4.78 is 0. The molecular weight excluding hydrogens is 280 g/mol. The molecule has 0 aliphatic carbocycles. The smallest absolute Gasteiger partial charge is 0.227 e. The van der Waals surface area contributed by atoms with Gasteiger partial charge in [0.1, 0.15) is 5.82 Å². The van der Waals surface area contributed by atoms with E-state index >= 15 is 0 Å². The van der Waals surface area contributed by atoms with Gasteiger partial charge in [-0.1, -0.05) is 13.8 Å². The highest BCUT2D eigenvalue weighted by molar-refractivity contribution is 7.99. The van der Waals surface area contributed by atoms with Crippen LogP contribution in [0.15, 0.2) is 4.90 Å². The zero-order valence-corrected chi connectivity index (χ0v) is 14.0. The minimum absolute atomic E-state index is 0.627. The number of aromatic nitrogens is 2. The molecule has 1 aromatic heterocycles. The molecule has 21 heavy (non-hydrogen) atoms. The summed E-state index contributed by atoms with van der Waals surface area (Å²) in [5.74, 6) is 3.83. The molecule has 0 spiro atoms. The number of piperidine rings is 1. The number of hydrogen-bond donors (Lipinski definition) is 1. The SMILES string of the molecule is CC(C)CNc1nc(N2CCCCC2)nc2c1SCCC2. The van der Waals surface area contributed by atoms with Crippen LogP contribution in [0.5, 0.6) is 0 Å². The number of nitrogens with zero attached hydrogens (tertiary/aromatic N) is 3. The standard InChI is InChI=1S/C16H26N4S/c1-12(2)11-17-15-14-13(7-6-10-21-14)18-16(19-15)20-8-4-3-5-9-20/h12H,3-11H2,1-2H3,(H,17,18,19). The maximum absolute atomic E-state index is 4.88. The monoisotopic (exact) mass is 306 g/mol. The van der Waals surface area contributed by atoms with Gasteiger partial charge >= 0.3 is 0 Å². The average Bonchev–Trinajstić information content (AvgIpc) is 2.53. The van der Waals surface area contributed by atoms with Crippen LogP contribution in [-0.2, 0) is 6.42 Å². The van der Waals surface area contributed by atoms with Crippen LogP contribution in [0.4, 0.5) is 11.8 Å². The van der Waals surface area contributed by atoms with Crippen LogP contribution >= 0.6 is 11.8 Å². The second kappa shape index (κ2) is 6.86. The zero-order chi connectivity index (χ0) is 14.7. The van der Waals surface area contributed by atoms with E-state index in [4.69, 9.17) is 9.97 Å². The number of anilines is 2. The first kappa shape index (κ1) is 14.9. The van der Waals surface area contributed by atoms with E-state index < -0.39 is 0 Å². The third kappa shape index (κ3) is 3.62. The number of thioether (sulfide) groups is 1. The van der Waals surface area contributed by atoms with Gasteiger partial charge in [-0.3, -0.25) is 0 Å². The third-order valence-corrected chi connectivity index (χ3v) is 5.26. The first-order chi connectivity index (χ1) is 10.2. The molecule has 4 nitrogen and oxygen atoms in total. The molecule has 2 aliphatic heterocycles. The Bertz CT molecular complexity index is 483. The van der Waals surface area contributed by atoms with E-state index in [2.05, 4.69) is 24.1 Å². The Morgan fingerprint density at radius 1 is 1.14 bits per heavy atom. The number of rotatable bonds is 4. The van der Waals surface area contributed by atoms with Crippen molar-refractivity contribution < 1.29 is 0 Å². The Morgan fingerprint density at radius 2 is 1.95 bits per heavy atom. The topological polar surface area (TPSA) is 41.1 Å². The lowest BCUT2D eigenvalue weighted by Crippen LogP contribution is -2.31. The van der Waals surface area contributed by atoms with Crippen LogP contribution in [0.2, 0.25) is 0 Å². The molecule has 116 valence electrons. The summed E-state index contributed by atoms with van der Waals surface area (Å²) in [5.41, 5.74) is 1.26. The van der Waals surface area contributed by atoms with Crippen molar-refractivity contribution in [3.63, 3.8) is 0 Å². The van der Waals surface area contributed by atoms with Crippen molar-refractivity contribution in [3.8, 4) is 0 Å². The summed E-state index contributed by atoms with van der Waals surface area (Å²) >= 11 is 1.92. The van der Waals surface area contributed by atoms with Gasteiger partial charge < -0.3 is 10.2 Å². The summed E-state index contributed by atoms with van der Waals surface area (Å²) in [6.07, 6.45) is 6.21. The van der Waals surface area contributed by atoms with Crippen molar-refractivity contribution in [1.29, 1.82) is 0 Å². The molecule has 0 saturated carbocycles. The second-order valence-corrected chi connectivity index (χ2v) is 7.53. The molecule has 0 radical (unpaired) electrons. The molecule has 0 bridgehead atoms. The lowest BCUT2D eigenvalue weighted by Gasteiger charge is -2.29. The van der Waals surface area contributed by atoms with Gasteiger partial charge in [-0.05, 0) is 43.8 Å². The Balaban J connectivity index is 1.88. The summed E-state index contributed by atoms with van der Waals surface area (Å²) in [6.45, 7) is 7.66. The number of hydrogen-bond acceptors (Lipinski definition) is 5. The Kier molecular flexibility index (Phi) is 4.88. The van der Waals surface area contributed by atoms with E-state index in [9.17, 15) is 0 Å². The summed E-state index contributed by atoms with van der Waals surface area (Å²) in [6, 6.07) is 0. The lowest BCUT2D eigenvalue weighted by atomic mass is 10.1. The van der Waals surface area contributed by atoms with Crippen molar-refractivity contribution in [2.24, 2.45) is 5.92 Å². The van der Waals surface area contributed by atoms with Crippen LogP contribution < -0.4 is 10.2 Å². The van der Waals surface area contributed by atoms with Crippen LogP contribution in [0, 0.1) is 5.92 Å². The fourth-order valence-corrected chi connectivity index (χ4v) is 3.94. The van der Waals surface area contributed by atoms with E-state index in [0.717, 1.165) is 37.8 Å². The summed E-state index contributed by atoms with van der Waals surface area (Å²) in [7, 11) is 0. The summed E-state index contributed by atoms with van der Waals surface area (Å²) in [5, 5.41) is 3.55. The minimum Gasteiger partial charge on any atom is -0.369 e. The molecule has 1 fully saturated rings. The van der Waals surface area contributed by atoms with Crippen LogP contribution in [0.3, 0.4) is 0 Å². The third-order valence-electron chi connectivity index (χ3n) is 4.04. The first-order valence-electron chi connectivity index (χ1n) is 8.26. The van der Waals surface area contributed by atoms with E-state index in [1.807, 2.05) is 11.8 Å². The normalized spacial score (nSPS) is 18.7. The molecular formula is C16H26N4S. The molecule has 3 heterocycles. The zero-order valence-electron chi connectivity index (χ0n) is 13.2. The lowest BCUT2D eigenvalue weighted by molar-refractivity contribution is 0.566. The van der Waals surface area contributed by atoms with Gasteiger partial charge in [0.2, 0.25) is 5.95 Å². The van der Waals surface area contributed by atoms with Crippen molar-refractivity contribution in [3.05, 3.63) is 5.69 Å². The highest BCUT2D eigenvalue weighted by Gasteiger charge is 2.21. The molecule has 1 saturated heterocycles. The minimum atomic E-state index is 0.627. The van der Waals surface area contributed by atoms with Gasteiger partial charge in [0.15, 0.2) is 0 Å². The average molecular weight is 306 g/mol. The second-order valence-electron chi connectivity index (χ2n) is 6.42. The van der Waals surface area contributed by atoms with E-state index in [1.165, 1.54) is 42.0 Å². The number of fused-ring (bicyclic) bond motifs is 1. The summed E-state index contributed by atoms with van der Waals surface area (Å²) in [4.78, 5) is 13.4. The van der Waals surface area contributed by atoms with E-state index in [0.29, 0.717) is 5.92 Å². The van der Waals surface area contributed by atoms with Crippen molar-refractivity contribution >= 4 is 23.5 Å². The predicted molar refractivity (Wildman–Crippen MR) is 90.5 cm³/mol. The fourth-order valence-electron chi connectivity index (χ4n) is 2.87. The Morgan fingerprint density at radius 3 is 2.71 bits per heavy atom. The fraction of sp³-hybridized carbons (Fsp3) is 0.750. The molecule has 5 heteroatoms. The first-order valence-corrected chi connectivity index (χ1v) is 9.25. The van der Waals surface area contributed by atoms with Crippen molar-refractivity contribution in [2.45, 2.75) is 50.8 Å². The molecule has 0 amide bonds. The van der Waals surface area contributed by atoms with E-state index in [-0.39, 0.29) is 0 Å². The molecule has 0 atom stereocenters. The molecule has 0 aromatic carbocycles. The molecule has 1 aromatic rings. The van der Waals surface area contributed by atoms with Gasteiger partial charge in [-0.15, -0.1) is 11.8 Å². The maximum Gasteiger partial charge on any atom is 0.227 e. The molecule has 1 N–H and O–H groups in total. The van der Waals surface area contributed by atoms with Gasteiger partial charge in [0.25, 0.3) is 0 Å². The highest BCUT2D eigenvalue weighted by atomic mass is 32.2. The van der Waals surface area contributed by atoms with Crippen molar-refractivity contribution in [1.82, 2.24) is 9.97 Å². The van der Waals surface area contributed by atoms with Crippen LogP contribution in [0.25, 0.3) is 0 Å². The Labute approximate surface area is 132 Å². The van der Waals surface area contributed by atoms with Gasteiger partial charge in [-0.25, -0.2) is 4.98 Å². The van der Waals surface area contributed by atoms with Crippen molar-refractivity contribution in [2.75, 3.05) is 35.6 Å². The van der Waals surface area contributed by atoms with Crippen LogP contribution in [-0.4, -0.2) is 35.4 Å². The number of nitrogens with one attached hydrogen (secondary N) is 1. The largest absolute Gasteiger partial charge is 0.369 e. The maximum atomic E-state index is 4.88. The highest BCUT2D eigenvalue weighted by Crippen LogP contribution is 2.35. The molecule has 3 rings (SSSR count). The van der Waals surface area contributed by atoms with Gasteiger partial charge in [0, 0.05) is 19.6 Å².